The van der Waals surface area contributed by atoms with Gasteiger partial charge in [-0.2, -0.15) is 0 Å². The third kappa shape index (κ3) is 6.84. The van der Waals surface area contributed by atoms with Gasteiger partial charge in [0.15, 0.2) is 11.0 Å². The molecular formula is C27H23ClN7O3S2-. The van der Waals surface area contributed by atoms with Gasteiger partial charge in [0.05, 0.1) is 10.6 Å². The maximum absolute atomic E-state index is 12.7. The molecule has 0 bridgehead atoms. The number of aromatic nitrogens is 5. The molecule has 0 radical (unpaired) electrons. The van der Waals surface area contributed by atoms with E-state index in [2.05, 4.69) is 30.2 Å². The van der Waals surface area contributed by atoms with Crippen LogP contribution in [0.5, 0.6) is 0 Å². The van der Waals surface area contributed by atoms with E-state index in [1.54, 1.807) is 13.0 Å². The van der Waals surface area contributed by atoms with Crippen LogP contribution in [-0.4, -0.2) is 44.8 Å². The standard InChI is InChI=1S/C27H23N7O3S2.ClH/c1-19-16-17-28-26(29-19)33-39(36,37)23-14-12-21(13-15-23)30-24(35)18-38-27-32-31-25(20-8-4-2-5-9-20)34(27)22-10-6-3-7-11-22;/h2-17H,18H2,1H3,(H,30,35)(H,28,29,33);1H/p-1. The van der Waals surface area contributed by atoms with E-state index < -0.39 is 10.0 Å². The lowest BCUT2D eigenvalue weighted by Crippen LogP contribution is -3.00. The fraction of sp³-hybridized carbons (Fsp3) is 0.0741. The summed E-state index contributed by atoms with van der Waals surface area (Å²) in [6, 6.07) is 26.9. The van der Waals surface area contributed by atoms with Crippen molar-refractivity contribution in [3.05, 3.63) is 103 Å². The third-order valence-corrected chi connectivity index (χ3v) is 7.75. The first kappa shape index (κ1) is 28.7. The molecule has 0 fully saturated rings. The van der Waals surface area contributed by atoms with Gasteiger partial charge in [-0.25, -0.2) is 23.1 Å². The van der Waals surface area contributed by atoms with Crippen molar-refractivity contribution in [1.82, 2.24) is 24.7 Å². The predicted octanol–water partition coefficient (Wildman–Crippen LogP) is 1.57. The lowest BCUT2D eigenvalue weighted by molar-refractivity contribution is -0.113. The lowest BCUT2D eigenvalue weighted by atomic mass is 10.2. The lowest BCUT2D eigenvalue weighted by Gasteiger charge is -2.11. The second kappa shape index (κ2) is 12.7. The van der Waals surface area contributed by atoms with Crippen LogP contribution in [0.25, 0.3) is 17.1 Å². The van der Waals surface area contributed by atoms with E-state index >= 15 is 0 Å². The summed E-state index contributed by atoms with van der Waals surface area (Å²) < 4.78 is 29.6. The Balaban J connectivity index is 0.00000370. The number of aryl methyl sites for hydroxylation is 1. The Bertz CT molecular complexity index is 1700. The molecule has 5 aromatic rings. The van der Waals surface area contributed by atoms with Crippen molar-refractivity contribution in [2.75, 3.05) is 15.8 Å². The number of carbonyl (C=O) groups is 1. The van der Waals surface area contributed by atoms with Crippen molar-refractivity contribution in [1.29, 1.82) is 0 Å². The molecule has 2 N–H and O–H groups in total. The fourth-order valence-corrected chi connectivity index (χ4v) is 5.37. The van der Waals surface area contributed by atoms with Gasteiger partial charge in [-0.05, 0) is 49.4 Å². The van der Waals surface area contributed by atoms with Crippen LogP contribution in [-0.2, 0) is 14.8 Å². The van der Waals surface area contributed by atoms with Crippen molar-refractivity contribution < 1.29 is 25.6 Å². The summed E-state index contributed by atoms with van der Waals surface area (Å²) in [7, 11) is -3.88. The molecular weight excluding hydrogens is 570 g/mol. The van der Waals surface area contributed by atoms with Gasteiger partial charge in [-0.15, -0.1) is 10.2 Å². The molecule has 13 heteroatoms. The minimum Gasteiger partial charge on any atom is -1.00 e. The van der Waals surface area contributed by atoms with Gasteiger partial charge < -0.3 is 17.7 Å². The number of nitrogens with one attached hydrogen (secondary N) is 2. The Morgan fingerprint density at radius 1 is 0.900 bits per heavy atom. The largest absolute Gasteiger partial charge is 1.00 e. The van der Waals surface area contributed by atoms with Crippen LogP contribution in [0.2, 0.25) is 0 Å². The number of anilines is 2. The highest BCUT2D eigenvalue weighted by molar-refractivity contribution is 7.99. The number of sulfonamides is 1. The minimum atomic E-state index is -3.88. The number of para-hydroxylation sites is 1. The maximum Gasteiger partial charge on any atom is 0.264 e. The summed E-state index contributed by atoms with van der Waals surface area (Å²) in [5, 5.41) is 12.1. The van der Waals surface area contributed by atoms with Crippen molar-refractivity contribution in [3.63, 3.8) is 0 Å². The zero-order valence-electron chi connectivity index (χ0n) is 21.1. The van der Waals surface area contributed by atoms with E-state index in [4.69, 9.17) is 0 Å². The molecule has 0 atom stereocenters. The third-order valence-electron chi connectivity index (χ3n) is 5.48. The second-order valence-corrected chi connectivity index (χ2v) is 11.0. The number of thioether (sulfide) groups is 1. The van der Waals surface area contributed by atoms with Crippen LogP contribution in [0.1, 0.15) is 5.69 Å². The summed E-state index contributed by atoms with van der Waals surface area (Å²) in [5.74, 6) is 0.464. The van der Waals surface area contributed by atoms with Crippen molar-refractivity contribution in [2.24, 2.45) is 0 Å². The van der Waals surface area contributed by atoms with E-state index in [-0.39, 0.29) is 34.9 Å². The number of hydrogen-bond acceptors (Lipinski definition) is 8. The van der Waals surface area contributed by atoms with Crippen LogP contribution < -0.4 is 22.4 Å². The zero-order valence-corrected chi connectivity index (χ0v) is 23.5. The molecule has 2 aromatic heterocycles. The van der Waals surface area contributed by atoms with Gasteiger partial charge in [-0.1, -0.05) is 60.3 Å². The first-order valence-corrected chi connectivity index (χ1v) is 14.3. The Morgan fingerprint density at radius 2 is 1.57 bits per heavy atom. The molecule has 40 heavy (non-hydrogen) atoms. The number of benzene rings is 3. The van der Waals surface area contributed by atoms with Crippen LogP contribution in [0.15, 0.2) is 107 Å². The van der Waals surface area contributed by atoms with Crippen LogP contribution in [0.4, 0.5) is 11.6 Å². The molecule has 2 heterocycles. The van der Waals surface area contributed by atoms with Crippen molar-refractivity contribution >= 4 is 39.3 Å². The smallest absolute Gasteiger partial charge is 0.264 e. The van der Waals surface area contributed by atoms with Gasteiger partial charge in [-0.3, -0.25) is 9.36 Å². The molecule has 0 saturated carbocycles. The highest BCUT2D eigenvalue weighted by Crippen LogP contribution is 2.28. The highest BCUT2D eigenvalue weighted by Gasteiger charge is 2.18. The first-order valence-electron chi connectivity index (χ1n) is 11.8. The van der Waals surface area contributed by atoms with Crippen molar-refractivity contribution in [3.8, 4) is 17.1 Å². The molecule has 1 amide bonds. The van der Waals surface area contributed by atoms with Gasteiger partial charge in [0, 0.05) is 28.8 Å². The fourth-order valence-electron chi connectivity index (χ4n) is 3.67. The van der Waals surface area contributed by atoms with Crippen LogP contribution in [0, 0.1) is 6.92 Å². The molecule has 5 rings (SSSR count). The number of hydrogen-bond donors (Lipinski definition) is 2. The Kier molecular flexibility index (Phi) is 9.15. The maximum atomic E-state index is 12.7. The molecule has 10 nitrogen and oxygen atoms in total. The zero-order chi connectivity index (χ0) is 27.2. The Hall–Kier alpha value is -4.26. The molecule has 0 spiro atoms. The number of halogens is 1. The average molecular weight is 593 g/mol. The molecule has 0 aliphatic rings. The normalized spacial score (nSPS) is 10.9. The van der Waals surface area contributed by atoms with E-state index in [9.17, 15) is 13.2 Å². The van der Waals surface area contributed by atoms with E-state index in [0.717, 1.165) is 11.3 Å². The molecule has 0 aliphatic carbocycles. The Morgan fingerprint density at radius 3 is 2.25 bits per heavy atom. The quantitative estimate of drug-likeness (QED) is 0.247. The van der Waals surface area contributed by atoms with Crippen LogP contribution >= 0.6 is 11.8 Å². The van der Waals surface area contributed by atoms with Crippen molar-refractivity contribution in [2.45, 2.75) is 17.0 Å². The molecule has 3 aromatic carbocycles. The molecule has 0 saturated heterocycles. The predicted molar refractivity (Wildman–Crippen MR) is 150 cm³/mol. The van der Waals surface area contributed by atoms with Gasteiger partial charge >= 0.3 is 0 Å². The van der Waals surface area contributed by atoms with Gasteiger partial charge in [0.25, 0.3) is 10.0 Å². The van der Waals surface area contributed by atoms with E-state index in [0.29, 0.717) is 22.4 Å². The summed E-state index contributed by atoms with van der Waals surface area (Å²) >= 11 is 1.25. The molecule has 204 valence electrons. The van der Waals surface area contributed by atoms with Gasteiger partial charge in [0.2, 0.25) is 11.9 Å². The summed E-state index contributed by atoms with van der Waals surface area (Å²) in [6.07, 6.45) is 1.47. The van der Waals surface area contributed by atoms with E-state index in [1.807, 2.05) is 65.2 Å². The minimum absolute atomic E-state index is 0. The molecule has 0 aliphatic heterocycles. The Labute approximate surface area is 241 Å². The topological polar surface area (TPSA) is 132 Å². The second-order valence-electron chi connectivity index (χ2n) is 8.33. The monoisotopic (exact) mass is 592 g/mol. The number of nitrogens with zero attached hydrogens (tertiary/aromatic N) is 5. The SMILES string of the molecule is Cc1ccnc(NS(=O)(=O)c2ccc(NC(=O)CSc3nnc(-c4ccccc4)n3-c3ccccc3)cc2)n1.[Cl-]. The van der Waals surface area contributed by atoms with E-state index in [1.165, 1.54) is 42.2 Å². The average Bonchev–Trinajstić information content (AvgIpc) is 3.37. The summed E-state index contributed by atoms with van der Waals surface area (Å²) in [4.78, 5) is 20.7. The van der Waals surface area contributed by atoms with Crippen LogP contribution in [0.3, 0.4) is 0 Å². The summed E-state index contributed by atoms with van der Waals surface area (Å²) in [6.45, 7) is 1.74. The first-order chi connectivity index (χ1) is 18.9. The highest BCUT2D eigenvalue weighted by atomic mass is 35.5. The summed E-state index contributed by atoms with van der Waals surface area (Å²) in [5.41, 5.74) is 2.88. The van der Waals surface area contributed by atoms with Gasteiger partial charge in [0.1, 0.15) is 0 Å². The number of carbonyl (C=O) groups excluding carboxylic acids is 1. The molecule has 0 unspecified atom stereocenters. The number of rotatable bonds is 9. The number of amides is 1.